The molecule has 1 unspecified atom stereocenters. The highest BCUT2D eigenvalue weighted by Gasteiger charge is 2.33. The van der Waals surface area contributed by atoms with Gasteiger partial charge in [-0.2, -0.15) is 0 Å². The zero-order chi connectivity index (χ0) is 13.0. The molecule has 2 N–H and O–H groups in total. The maximum Gasteiger partial charge on any atom is 0.325 e. The summed E-state index contributed by atoms with van der Waals surface area (Å²) in [6, 6.07) is 1.34. The smallest absolute Gasteiger partial charge is 0.325 e. The van der Waals surface area contributed by atoms with Crippen LogP contribution >= 0.6 is 11.3 Å². The van der Waals surface area contributed by atoms with Crippen LogP contribution in [0.1, 0.15) is 16.5 Å². The number of aliphatic hydroxyl groups is 1. The molecule has 5 nitrogen and oxygen atoms in total. The molecule has 0 aliphatic carbocycles. The predicted octanol–water partition coefficient (Wildman–Crippen LogP) is 0.741. The number of carbonyl (C=O) groups is 1. The number of aliphatic carboxylic acids is 1. The highest BCUT2D eigenvalue weighted by Crippen LogP contribution is 2.33. The van der Waals surface area contributed by atoms with E-state index in [1.54, 1.807) is 11.3 Å². The first-order valence-electron chi connectivity index (χ1n) is 5.95. The standard InChI is InChI=1S/C12H17NO4S/c14-5-7-17-6-4-13-3-1-10-9(2-8-18-10)11(13)12(15)16/h2,8,11,14H,1,3-7H2,(H,15,16). The fourth-order valence-electron chi connectivity index (χ4n) is 2.25. The Hall–Kier alpha value is -0.950. The lowest BCUT2D eigenvalue weighted by molar-refractivity contribution is -0.144. The van der Waals surface area contributed by atoms with E-state index in [2.05, 4.69) is 0 Å². The molecule has 100 valence electrons. The van der Waals surface area contributed by atoms with Crippen LogP contribution in [0.4, 0.5) is 0 Å². The van der Waals surface area contributed by atoms with E-state index in [9.17, 15) is 9.90 Å². The maximum absolute atomic E-state index is 11.4. The van der Waals surface area contributed by atoms with Crippen LogP contribution in [0.25, 0.3) is 0 Å². The molecule has 1 aromatic heterocycles. The van der Waals surface area contributed by atoms with Gasteiger partial charge in [0.25, 0.3) is 0 Å². The number of rotatable bonds is 6. The third kappa shape index (κ3) is 2.89. The minimum atomic E-state index is -0.809. The van der Waals surface area contributed by atoms with Gasteiger partial charge in [-0.25, -0.2) is 0 Å². The van der Waals surface area contributed by atoms with Gasteiger partial charge in [0.05, 0.1) is 19.8 Å². The number of hydrogen-bond acceptors (Lipinski definition) is 5. The maximum atomic E-state index is 11.4. The Morgan fingerprint density at radius 1 is 1.56 bits per heavy atom. The Labute approximate surface area is 110 Å². The lowest BCUT2D eigenvalue weighted by Gasteiger charge is -2.32. The lowest BCUT2D eigenvalue weighted by atomic mass is 10.0. The van der Waals surface area contributed by atoms with Gasteiger partial charge in [0, 0.05) is 18.0 Å². The molecule has 0 amide bonds. The van der Waals surface area contributed by atoms with Crippen LogP contribution in [0.2, 0.25) is 0 Å². The molecule has 0 saturated heterocycles. The first-order chi connectivity index (χ1) is 8.74. The van der Waals surface area contributed by atoms with Crippen molar-refractivity contribution in [3.05, 3.63) is 21.9 Å². The third-order valence-electron chi connectivity index (χ3n) is 3.06. The number of aliphatic hydroxyl groups excluding tert-OH is 1. The van der Waals surface area contributed by atoms with E-state index in [1.807, 2.05) is 16.3 Å². The highest BCUT2D eigenvalue weighted by atomic mass is 32.1. The fourth-order valence-corrected chi connectivity index (χ4v) is 3.15. The van der Waals surface area contributed by atoms with Crippen molar-refractivity contribution < 1.29 is 19.7 Å². The van der Waals surface area contributed by atoms with Crippen molar-refractivity contribution in [2.24, 2.45) is 0 Å². The van der Waals surface area contributed by atoms with Gasteiger partial charge in [0.15, 0.2) is 0 Å². The van der Waals surface area contributed by atoms with Crippen molar-refractivity contribution >= 4 is 17.3 Å². The number of fused-ring (bicyclic) bond motifs is 1. The van der Waals surface area contributed by atoms with E-state index >= 15 is 0 Å². The van der Waals surface area contributed by atoms with E-state index < -0.39 is 12.0 Å². The van der Waals surface area contributed by atoms with Crippen LogP contribution in [0.15, 0.2) is 11.4 Å². The molecule has 1 atom stereocenters. The summed E-state index contributed by atoms with van der Waals surface area (Å²) in [5, 5.41) is 19.9. The summed E-state index contributed by atoms with van der Waals surface area (Å²) in [5.41, 5.74) is 0.918. The summed E-state index contributed by atoms with van der Waals surface area (Å²) < 4.78 is 5.20. The van der Waals surface area contributed by atoms with Crippen molar-refractivity contribution in [1.82, 2.24) is 4.90 Å². The molecule has 6 heteroatoms. The van der Waals surface area contributed by atoms with Crippen molar-refractivity contribution in [3.8, 4) is 0 Å². The molecule has 2 heterocycles. The average molecular weight is 271 g/mol. The minimum Gasteiger partial charge on any atom is -0.480 e. The number of carboxylic acids is 1. The van der Waals surface area contributed by atoms with E-state index in [0.717, 1.165) is 18.5 Å². The van der Waals surface area contributed by atoms with Gasteiger partial charge in [0.1, 0.15) is 6.04 Å². The van der Waals surface area contributed by atoms with Crippen molar-refractivity contribution in [2.75, 3.05) is 32.9 Å². The van der Waals surface area contributed by atoms with Gasteiger partial charge in [-0.3, -0.25) is 9.69 Å². The minimum absolute atomic E-state index is 0.00294. The Morgan fingerprint density at radius 3 is 3.11 bits per heavy atom. The van der Waals surface area contributed by atoms with Gasteiger partial charge in [-0.05, 0) is 23.4 Å². The molecule has 0 aromatic carbocycles. The molecule has 1 aliphatic rings. The van der Waals surface area contributed by atoms with E-state index in [4.69, 9.17) is 9.84 Å². The van der Waals surface area contributed by atoms with Crippen LogP contribution in [0.3, 0.4) is 0 Å². The first kappa shape index (κ1) is 13.5. The van der Waals surface area contributed by atoms with Gasteiger partial charge < -0.3 is 14.9 Å². The van der Waals surface area contributed by atoms with Gasteiger partial charge >= 0.3 is 5.97 Å². The van der Waals surface area contributed by atoms with Gasteiger partial charge in [-0.1, -0.05) is 0 Å². The molecule has 18 heavy (non-hydrogen) atoms. The summed E-state index contributed by atoms with van der Waals surface area (Å²) in [5.74, 6) is -0.809. The molecule has 0 fully saturated rings. The molecule has 0 saturated carbocycles. The number of hydrogen-bond donors (Lipinski definition) is 2. The third-order valence-corrected chi connectivity index (χ3v) is 4.05. The van der Waals surface area contributed by atoms with E-state index in [0.29, 0.717) is 19.8 Å². The Morgan fingerprint density at radius 2 is 2.39 bits per heavy atom. The zero-order valence-electron chi connectivity index (χ0n) is 10.0. The first-order valence-corrected chi connectivity index (χ1v) is 6.83. The molecule has 1 aromatic rings. The second kappa shape index (κ2) is 6.29. The Balaban J connectivity index is 2.00. The lowest BCUT2D eigenvalue weighted by Crippen LogP contribution is -2.41. The molecule has 2 rings (SSSR count). The predicted molar refractivity (Wildman–Crippen MR) is 67.9 cm³/mol. The van der Waals surface area contributed by atoms with Crippen LogP contribution in [-0.4, -0.2) is 54.0 Å². The molecular weight excluding hydrogens is 254 g/mol. The Bertz CT molecular complexity index is 407. The van der Waals surface area contributed by atoms with Crippen LogP contribution < -0.4 is 0 Å². The summed E-state index contributed by atoms with van der Waals surface area (Å²) >= 11 is 1.63. The SMILES string of the molecule is O=C(O)C1c2ccsc2CCN1CCOCCO. The summed E-state index contributed by atoms with van der Waals surface area (Å²) in [7, 11) is 0. The van der Waals surface area contributed by atoms with Crippen molar-refractivity contribution in [1.29, 1.82) is 0 Å². The topological polar surface area (TPSA) is 70.0 Å². The van der Waals surface area contributed by atoms with Crippen LogP contribution in [0, 0.1) is 0 Å². The second-order valence-electron chi connectivity index (χ2n) is 4.16. The number of nitrogens with zero attached hydrogens (tertiary/aromatic N) is 1. The van der Waals surface area contributed by atoms with Crippen molar-refractivity contribution in [3.63, 3.8) is 0 Å². The normalized spacial score (nSPS) is 19.7. The fraction of sp³-hybridized carbons (Fsp3) is 0.583. The van der Waals surface area contributed by atoms with Crippen molar-refractivity contribution in [2.45, 2.75) is 12.5 Å². The van der Waals surface area contributed by atoms with Crippen LogP contribution in [-0.2, 0) is 16.0 Å². The number of thiophene rings is 1. The summed E-state index contributed by atoms with van der Waals surface area (Å²) in [4.78, 5) is 14.5. The molecule has 0 radical (unpaired) electrons. The summed E-state index contributed by atoms with van der Waals surface area (Å²) in [6.45, 7) is 2.06. The summed E-state index contributed by atoms with van der Waals surface area (Å²) in [6.07, 6.45) is 0.900. The Kier molecular flexibility index (Phi) is 4.71. The highest BCUT2D eigenvalue weighted by molar-refractivity contribution is 7.10. The molecule has 1 aliphatic heterocycles. The van der Waals surface area contributed by atoms with Gasteiger partial charge in [0.2, 0.25) is 0 Å². The van der Waals surface area contributed by atoms with Crippen LogP contribution in [0.5, 0.6) is 0 Å². The van der Waals surface area contributed by atoms with E-state index in [-0.39, 0.29) is 6.61 Å². The average Bonchev–Trinajstić information content (AvgIpc) is 2.81. The number of carboxylic acid groups (broad SMARTS) is 1. The monoisotopic (exact) mass is 271 g/mol. The quantitative estimate of drug-likeness (QED) is 0.747. The molecular formula is C12H17NO4S. The molecule has 0 bridgehead atoms. The number of ether oxygens (including phenoxy) is 1. The molecule has 0 spiro atoms. The van der Waals surface area contributed by atoms with Gasteiger partial charge in [-0.15, -0.1) is 11.3 Å². The van der Waals surface area contributed by atoms with E-state index in [1.165, 1.54) is 4.88 Å². The largest absolute Gasteiger partial charge is 0.480 e. The zero-order valence-corrected chi connectivity index (χ0v) is 10.9. The second-order valence-corrected chi connectivity index (χ2v) is 5.16.